The summed E-state index contributed by atoms with van der Waals surface area (Å²) in [6.45, 7) is 0.194. The highest BCUT2D eigenvalue weighted by atomic mass is 79.9. The fourth-order valence-corrected chi connectivity index (χ4v) is 2.68. The van der Waals surface area contributed by atoms with Gasteiger partial charge in [-0.15, -0.1) is 11.3 Å². The molecule has 0 unspecified atom stereocenters. The fourth-order valence-electron chi connectivity index (χ4n) is 1.61. The maximum Gasteiger partial charge on any atom is 0.268 e. The van der Waals surface area contributed by atoms with Gasteiger partial charge in [-0.3, -0.25) is 9.78 Å². The molecular weight excluding hydrogens is 330 g/mol. The van der Waals surface area contributed by atoms with Gasteiger partial charge in [0.25, 0.3) is 5.56 Å². The summed E-state index contributed by atoms with van der Waals surface area (Å²) in [6, 6.07) is 3.62. The van der Waals surface area contributed by atoms with Crippen LogP contribution < -0.4 is 10.3 Å². The second-order valence-electron chi connectivity index (χ2n) is 3.78. The van der Waals surface area contributed by atoms with Crippen LogP contribution in [-0.4, -0.2) is 15.0 Å². The van der Waals surface area contributed by atoms with Gasteiger partial charge in [0.1, 0.15) is 22.9 Å². The van der Waals surface area contributed by atoms with Crippen LogP contribution in [0.5, 0.6) is 5.75 Å². The van der Waals surface area contributed by atoms with E-state index in [-0.39, 0.29) is 12.2 Å². The summed E-state index contributed by atoms with van der Waals surface area (Å²) < 4.78 is 7.00. The molecule has 0 amide bonds. The smallest absolute Gasteiger partial charge is 0.268 e. The van der Waals surface area contributed by atoms with Gasteiger partial charge in [0.05, 0.1) is 11.7 Å². The molecule has 0 saturated heterocycles. The Morgan fingerprint density at radius 3 is 3.16 bits per heavy atom. The second-order valence-corrected chi connectivity index (χ2v) is 5.61. The topological polar surface area (TPSA) is 67.9 Å². The molecule has 7 heteroatoms. The second kappa shape index (κ2) is 5.10. The number of pyridine rings is 1. The van der Waals surface area contributed by atoms with Crippen molar-refractivity contribution in [1.29, 1.82) is 0 Å². The van der Waals surface area contributed by atoms with Crippen molar-refractivity contribution in [2.45, 2.75) is 6.61 Å². The molecule has 0 fully saturated rings. The van der Waals surface area contributed by atoms with Crippen molar-refractivity contribution in [3.05, 3.63) is 50.6 Å². The molecule has 0 aliphatic carbocycles. The summed E-state index contributed by atoms with van der Waals surface area (Å²) in [6.07, 6.45) is 3.27. The zero-order chi connectivity index (χ0) is 13.2. The first-order valence-corrected chi connectivity index (χ1v) is 7.09. The van der Waals surface area contributed by atoms with E-state index in [4.69, 9.17) is 4.74 Å². The third kappa shape index (κ3) is 2.66. The minimum absolute atomic E-state index is 0.133. The zero-order valence-electron chi connectivity index (χ0n) is 9.59. The highest BCUT2D eigenvalue weighted by molar-refractivity contribution is 9.10. The number of rotatable bonds is 3. The average Bonchev–Trinajstić information content (AvgIpc) is 2.85. The summed E-state index contributed by atoms with van der Waals surface area (Å²) in [5.41, 5.74) is 0.561. The number of hydrogen-bond acceptors (Lipinski definition) is 5. The highest BCUT2D eigenvalue weighted by Gasteiger charge is 2.05. The maximum atomic E-state index is 11.8. The van der Waals surface area contributed by atoms with E-state index in [1.807, 2.05) is 11.4 Å². The normalized spacial score (nSPS) is 10.8. The fraction of sp³-hybridized carbons (Fsp3) is 0.0833. The maximum absolute atomic E-state index is 11.8. The lowest BCUT2D eigenvalue weighted by Crippen LogP contribution is -2.12. The Bertz CT molecular complexity index is 784. The molecule has 3 aromatic heterocycles. The van der Waals surface area contributed by atoms with Crippen LogP contribution in [0.3, 0.4) is 0 Å². The van der Waals surface area contributed by atoms with E-state index in [1.54, 1.807) is 18.5 Å². The highest BCUT2D eigenvalue weighted by Crippen LogP contribution is 2.17. The zero-order valence-corrected chi connectivity index (χ0v) is 12.0. The minimum atomic E-state index is -0.133. The molecule has 0 saturated carbocycles. The molecule has 0 spiro atoms. The van der Waals surface area contributed by atoms with Crippen molar-refractivity contribution in [3.63, 3.8) is 0 Å². The number of aromatic amines is 1. The third-order valence-corrected chi connectivity index (χ3v) is 3.76. The van der Waals surface area contributed by atoms with Gasteiger partial charge in [-0.1, -0.05) is 0 Å². The lowest BCUT2D eigenvalue weighted by atomic mass is 10.4. The van der Waals surface area contributed by atoms with Crippen LogP contribution in [0.2, 0.25) is 0 Å². The Morgan fingerprint density at radius 2 is 2.32 bits per heavy atom. The number of thiophene rings is 1. The number of fused-ring (bicyclic) bond motifs is 1. The van der Waals surface area contributed by atoms with Gasteiger partial charge >= 0.3 is 0 Å². The summed E-state index contributed by atoms with van der Waals surface area (Å²) in [5, 5.41) is 1.84. The van der Waals surface area contributed by atoms with E-state index in [1.165, 1.54) is 11.3 Å². The Labute approximate surface area is 120 Å². The molecule has 5 nitrogen and oxygen atoms in total. The number of nitrogens with one attached hydrogen (secondary N) is 1. The van der Waals surface area contributed by atoms with E-state index in [2.05, 4.69) is 30.9 Å². The van der Waals surface area contributed by atoms with E-state index in [0.717, 1.165) is 4.47 Å². The molecule has 0 atom stereocenters. The Morgan fingerprint density at radius 1 is 1.42 bits per heavy atom. The summed E-state index contributed by atoms with van der Waals surface area (Å²) in [5.74, 6) is 1.11. The Hall–Kier alpha value is -1.73. The number of H-pyrrole nitrogens is 1. The lowest BCUT2D eigenvalue weighted by molar-refractivity contribution is 0.294. The van der Waals surface area contributed by atoms with Gasteiger partial charge in [0.15, 0.2) is 0 Å². The van der Waals surface area contributed by atoms with Gasteiger partial charge in [-0.05, 0) is 33.4 Å². The van der Waals surface area contributed by atoms with Crippen molar-refractivity contribution >= 4 is 37.5 Å². The Kier molecular flexibility index (Phi) is 3.31. The molecule has 0 aliphatic heterocycles. The number of nitrogens with zero attached hydrogens (tertiary/aromatic N) is 2. The summed E-state index contributed by atoms with van der Waals surface area (Å²) in [4.78, 5) is 22.8. The first-order valence-electron chi connectivity index (χ1n) is 5.42. The van der Waals surface area contributed by atoms with Crippen molar-refractivity contribution < 1.29 is 4.74 Å². The molecule has 3 heterocycles. The van der Waals surface area contributed by atoms with E-state index in [0.29, 0.717) is 21.8 Å². The SMILES string of the molecule is O=c1[nH]c(COc2cncc(Br)c2)nc2ccsc12. The predicted octanol–water partition coefficient (Wildman–Crippen LogP) is 2.72. The molecule has 96 valence electrons. The van der Waals surface area contributed by atoms with Crippen LogP contribution in [0.25, 0.3) is 10.2 Å². The first-order chi connectivity index (χ1) is 9.22. The van der Waals surface area contributed by atoms with Gasteiger partial charge in [0, 0.05) is 10.7 Å². The van der Waals surface area contributed by atoms with Gasteiger partial charge in [0.2, 0.25) is 0 Å². The van der Waals surface area contributed by atoms with E-state index < -0.39 is 0 Å². The van der Waals surface area contributed by atoms with Crippen molar-refractivity contribution in [2.24, 2.45) is 0 Å². The summed E-state index contributed by atoms with van der Waals surface area (Å²) in [7, 11) is 0. The van der Waals surface area contributed by atoms with Gasteiger partial charge in [-0.2, -0.15) is 0 Å². The van der Waals surface area contributed by atoms with Crippen LogP contribution in [0, 0.1) is 0 Å². The van der Waals surface area contributed by atoms with Crippen molar-refractivity contribution in [2.75, 3.05) is 0 Å². The Balaban J connectivity index is 1.83. The number of aromatic nitrogens is 3. The molecule has 3 rings (SSSR count). The predicted molar refractivity (Wildman–Crippen MR) is 76.5 cm³/mol. The molecular formula is C12H8BrN3O2S. The monoisotopic (exact) mass is 337 g/mol. The van der Waals surface area contributed by atoms with Crippen molar-refractivity contribution in [3.8, 4) is 5.75 Å². The molecule has 0 aliphatic rings. The van der Waals surface area contributed by atoms with Crippen LogP contribution in [0.15, 0.2) is 39.2 Å². The minimum Gasteiger partial charge on any atom is -0.484 e. The van der Waals surface area contributed by atoms with Crippen LogP contribution in [0.4, 0.5) is 0 Å². The van der Waals surface area contributed by atoms with Gasteiger partial charge in [-0.25, -0.2) is 4.98 Å². The summed E-state index contributed by atoms with van der Waals surface area (Å²) >= 11 is 4.69. The quantitative estimate of drug-likeness (QED) is 0.797. The van der Waals surface area contributed by atoms with Crippen molar-refractivity contribution in [1.82, 2.24) is 15.0 Å². The first kappa shape index (κ1) is 12.3. The lowest BCUT2D eigenvalue weighted by Gasteiger charge is -2.05. The number of hydrogen-bond donors (Lipinski definition) is 1. The molecule has 1 N–H and O–H groups in total. The largest absolute Gasteiger partial charge is 0.484 e. The number of halogens is 1. The van der Waals surface area contributed by atoms with Gasteiger partial charge < -0.3 is 9.72 Å². The standard InChI is InChI=1S/C12H8BrN3O2S/c13-7-3-8(5-14-4-7)18-6-10-15-9-1-2-19-11(9)12(17)16-10/h1-5H,6H2,(H,15,16,17). The van der Waals surface area contributed by atoms with Crippen LogP contribution in [-0.2, 0) is 6.61 Å². The molecule has 0 bridgehead atoms. The molecule has 19 heavy (non-hydrogen) atoms. The van der Waals surface area contributed by atoms with E-state index in [9.17, 15) is 4.79 Å². The van der Waals surface area contributed by atoms with Crippen LogP contribution >= 0.6 is 27.3 Å². The number of ether oxygens (including phenoxy) is 1. The average molecular weight is 338 g/mol. The van der Waals surface area contributed by atoms with E-state index >= 15 is 0 Å². The third-order valence-electron chi connectivity index (χ3n) is 2.42. The molecule has 3 aromatic rings. The van der Waals surface area contributed by atoms with Crippen LogP contribution in [0.1, 0.15) is 5.82 Å². The molecule has 0 aromatic carbocycles. The molecule has 0 radical (unpaired) electrons.